The second kappa shape index (κ2) is 9.67. The maximum atomic E-state index is 12.0. The molecule has 0 aliphatic carbocycles. The lowest BCUT2D eigenvalue weighted by atomic mass is 10.1. The van der Waals surface area contributed by atoms with E-state index in [2.05, 4.69) is 10.6 Å². The molecule has 0 spiro atoms. The fraction of sp³-hybridized carbons (Fsp3) is 0.333. The molecule has 8 heteroatoms. The lowest BCUT2D eigenvalue weighted by Gasteiger charge is -2.15. The number of amides is 1. The molecule has 0 bridgehead atoms. The third-order valence-electron chi connectivity index (χ3n) is 3.64. The van der Waals surface area contributed by atoms with Crippen molar-refractivity contribution in [1.82, 2.24) is 5.32 Å². The molecule has 1 aromatic heterocycles. The van der Waals surface area contributed by atoms with Crippen molar-refractivity contribution in [2.45, 2.75) is 6.42 Å². The van der Waals surface area contributed by atoms with Crippen molar-refractivity contribution in [1.29, 1.82) is 0 Å². The fourth-order valence-electron chi connectivity index (χ4n) is 2.32. The van der Waals surface area contributed by atoms with Gasteiger partial charge in [-0.25, -0.2) is 4.79 Å². The molecular formula is C18H22N2O5S. The molecule has 0 aliphatic rings. The average molecular weight is 378 g/mol. The van der Waals surface area contributed by atoms with Crippen LogP contribution in [-0.2, 0) is 16.0 Å². The summed E-state index contributed by atoms with van der Waals surface area (Å²) in [7, 11) is 4.27. The minimum atomic E-state index is -0.536. The van der Waals surface area contributed by atoms with E-state index >= 15 is 0 Å². The first-order valence-electron chi connectivity index (χ1n) is 7.96. The van der Waals surface area contributed by atoms with E-state index in [1.165, 1.54) is 32.3 Å². The summed E-state index contributed by atoms with van der Waals surface area (Å²) in [6.45, 7) is 0.570. The van der Waals surface area contributed by atoms with Crippen molar-refractivity contribution >= 4 is 28.9 Å². The van der Waals surface area contributed by atoms with Crippen molar-refractivity contribution in [3.05, 3.63) is 40.1 Å². The molecule has 2 rings (SSSR count). The van der Waals surface area contributed by atoms with Crippen LogP contribution in [0.3, 0.4) is 0 Å². The number of esters is 1. The lowest BCUT2D eigenvalue weighted by Crippen LogP contribution is -2.31. The summed E-state index contributed by atoms with van der Waals surface area (Å²) in [5.74, 6) is 0.137. The van der Waals surface area contributed by atoms with Crippen LogP contribution >= 0.6 is 11.3 Å². The Kier molecular flexibility index (Phi) is 7.28. The van der Waals surface area contributed by atoms with Crippen LogP contribution in [0.25, 0.3) is 0 Å². The number of benzene rings is 1. The Morgan fingerprint density at radius 2 is 1.85 bits per heavy atom. The van der Waals surface area contributed by atoms with E-state index in [0.29, 0.717) is 23.7 Å². The van der Waals surface area contributed by atoms with Gasteiger partial charge in [0.15, 0.2) is 11.5 Å². The highest BCUT2D eigenvalue weighted by molar-refractivity contribution is 7.09. The maximum Gasteiger partial charge on any atom is 0.340 e. The molecule has 0 fully saturated rings. The van der Waals surface area contributed by atoms with Crippen molar-refractivity contribution in [2.75, 3.05) is 39.7 Å². The van der Waals surface area contributed by atoms with E-state index in [1.807, 2.05) is 17.5 Å². The van der Waals surface area contributed by atoms with E-state index in [0.717, 1.165) is 6.42 Å². The number of methoxy groups -OCH3 is 3. The van der Waals surface area contributed by atoms with Gasteiger partial charge in [0.05, 0.1) is 39.1 Å². The second-order valence-corrected chi connectivity index (χ2v) is 6.31. The van der Waals surface area contributed by atoms with E-state index in [1.54, 1.807) is 17.4 Å². The molecule has 1 heterocycles. The van der Waals surface area contributed by atoms with Crippen LogP contribution in [0.2, 0.25) is 0 Å². The smallest absolute Gasteiger partial charge is 0.340 e. The number of thiophene rings is 1. The molecule has 0 saturated carbocycles. The van der Waals surface area contributed by atoms with Gasteiger partial charge in [-0.2, -0.15) is 0 Å². The SMILES string of the molecule is COC(=O)c1cc(OC)c(OC)cc1NCC(=O)NCCc1cccs1. The number of carbonyl (C=O) groups is 2. The first-order valence-corrected chi connectivity index (χ1v) is 8.84. The molecule has 0 aliphatic heterocycles. The summed E-state index contributed by atoms with van der Waals surface area (Å²) in [4.78, 5) is 25.2. The lowest BCUT2D eigenvalue weighted by molar-refractivity contribution is -0.119. The highest BCUT2D eigenvalue weighted by Gasteiger charge is 2.18. The van der Waals surface area contributed by atoms with Crippen molar-refractivity contribution in [2.24, 2.45) is 0 Å². The minimum Gasteiger partial charge on any atom is -0.493 e. The summed E-state index contributed by atoms with van der Waals surface area (Å²) in [6.07, 6.45) is 0.785. The molecular weight excluding hydrogens is 356 g/mol. The minimum absolute atomic E-state index is 0.0178. The van der Waals surface area contributed by atoms with E-state index in [4.69, 9.17) is 14.2 Å². The van der Waals surface area contributed by atoms with Crippen LogP contribution < -0.4 is 20.1 Å². The molecule has 0 radical (unpaired) electrons. The number of nitrogens with one attached hydrogen (secondary N) is 2. The fourth-order valence-corrected chi connectivity index (χ4v) is 3.03. The predicted molar refractivity (Wildman–Crippen MR) is 100 cm³/mol. The molecule has 0 unspecified atom stereocenters. The van der Waals surface area contributed by atoms with Crippen molar-refractivity contribution < 1.29 is 23.8 Å². The number of rotatable bonds is 9. The number of carbonyl (C=O) groups excluding carboxylic acids is 2. The molecule has 0 saturated heterocycles. The molecule has 26 heavy (non-hydrogen) atoms. The van der Waals surface area contributed by atoms with Gasteiger partial charge in [0.2, 0.25) is 5.91 Å². The van der Waals surface area contributed by atoms with Gasteiger partial charge in [0, 0.05) is 23.6 Å². The molecule has 2 aromatic rings. The van der Waals surface area contributed by atoms with Gasteiger partial charge < -0.3 is 24.8 Å². The summed E-state index contributed by atoms with van der Waals surface area (Å²) >= 11 is 1.66. The topological polar surface area (TPSA) is 85.9 Å². The molecule has 0 atom stereocenters. The third-order valence-corrected chi connectivity index (χ3v) is 4.58. The number of hydrogen-bond acceptors (Lipinski definition) is 7. The van der Waals surface area contributed by atoms with Crippen LogP contribution in [-0.4, -0.2) is 46.3 Å². The van der Waals surface area contributed by atoms with Gasteiger partial charge in [0.25, 0.3) is 0 Å². The number of hydrogen-bond donors (Lipinski definition) is 2. The first kappa shape index (κ1) is 19.6. The zero-order chi connectivity index (χ0) is 18.9. The van der Waals surface area contributed by atoms with Crippen LogP contribution in [0.5, 0.6) is 11.5 Å². The Morgan fingerprint density at radius 1 is 1.12 bits per heavy atom. The Hall–Kier alpha value is -2.74. The normalized spacial score (nSPS) is 10.1. The highest BCUT2D eigenvalue weighted by Crippen LogP contribution is 2.33. The Bertz CT molecular complexity index is 746. The zero-order valence-corrected chi connectivity index (χ0v) is 15.8. The average Bonchev–Trinajstić information content (AvgIpc) is 3.18. The van der Waals surface area contributed by atoms with E-state index < -0.39 is 5.97 Å². The third kappa shape index (κ3) is 5.13. The van der Waals surface area contributed by atoms with Gasteiger partial charge >= 0.3 is 5.97 Å². The van der Waals surface area contributed by atoms with Crippen molar-refractivity contribution in [3.63, 3.8) is 0 Å². The quantitative estimate of drug-likeness (QED) is 0.652. The van der Waals surface area contributed by atoms with E-state index in [9.17, 15) is 9.59 Å². The molecule has 140 valence electrons. The highest BCUT2D eigenvalue weighted by atomic mass is 32.1. The van der Waals surface area contributed by atoms with Crippen LogP contribution in [0.1, 0.15) is 15.2 Å². The van der Waals surface area contributed by atoms with E-state index in [-0.39, 0.29) is 18.0 Å². The van der Waals surface area contributed by atoms with Crippen LogP contribution in [0.15, 0.2) is 29.6 Å². The van der Waals surface area contributed by atoms with Gasteiger partial charge in [-0.1, -0.05) is 6.07 Å². The van der Waals surface area contributed by atoms with Gasteiger partial charge in [-0.05, 0) is 17.9 Å². The summed E-state index contributed by atoms with van der Waals surface area (Å²) in [6, 6.07) is 7.13. The Morgan fingerprint density at radius 3 is 2.46 bits per heavy atom. The Labute approximate surface area is 156 Å². The molecule has 7 nitrogen and oxygen atoms in total. The van der Waals surface area contributed by atoms with Gasteiger partial charge in [0.1, 0.15) is 0 Å². The Balaban J connectivity index is 2.00. The van der Waals surface area contributed by atoms with Crippen molar-refractivity contribution in [3.8, 4) is 11.5 Å². The largest absolute Gasteiger partial charge is 0.493 e. The first-order chi connectivity index (χ1) is 12.6. The monoisotopic (exact) mass is 378 g/mol. The predicted octanol–water partition coefficient (Wildman–Crippen LogP) is 2.32. The summed E-state index contributed by atoms with van der Waals surface area (Å²) in [5.41, 5.74) is 0.694. The molecule has 1 aromatic carbocycles. The van der Waals surface area contributed by atoms with Gasteiger partial charge in [-0.15, -0.1) is 11.3 Å². The number of ether oxygens (including phenoxy) is 3. The van der Waals surface area contributed by atoms with Crippen LogP contribution in [0.4, 0.5) is 5.69 Å². The number of anilines is 1. The molecule has 1 amide bonds. The summed E-state index contributed by atoms with van der Waals surface area (Å²) in [5, 5.41) is 7.79. The van der Waals surface area contributed by atoms with Crippen LogP contribution in [0, 0.1) is 0 Å². The maximum absolute atomic E-state index is 12.0. The summed E-state index contributed by atoms with van der Waals surface area (Å²) < 4.78 is 15.2. The van der Waals surface area contributed by atoms with Gasteiger partial charge in [-0.3, -0.25) is 4.79 Å². The zero-order valence-electron chi connectivity index (χ0n) is 15.0. The molecule has 2 N–H and O–H groups in total. The second-order valence-electron chi connectivity index (χ2n) is 5.28. The standard InChI is InChI=1S/C18H22N2O5S/c1-23-15-9-13(18(22)25-3)14(10-16(15)24-2)20-11-17(21)19-7-6-12-5-4-8-26-12/h4-5,8-10,20H,6-7,11H2,1-3H3,(H,19,21).